The second-order valence-corrected chi connectivity index (χ2v) is 6.53. The number of rotatable bonds is 3. The highest BCUT2D eigenvalue weighted by Crippen LogP contribution is 2.61. The molecule has 0 saturated heterocycles. The van der Waals surface area contributed by atoms with Crippen molar-refractivity contribution in [2.24, 2.45) is 11.3 Å². The van der Waals surface area contributed by atoms with E-state index in [1.807, 2.05) is 0 Å². The molecule has 18 heavy (non-hydrogen) atoms. The van der Waals surface area contributed by atoms with Crippen molar-refractivity contribution < 1.29 is 4.79 Å². The van der Waals surface area contributed by atoms with Crippen LogP contribution in [0.1, 0.15) is 43.5 Å². The zero-order chi connectivity index (χ0) is 12.6. The van der Waals surface area contributed by atoms with Crippen LogP contribution in [0.4, 0.5) is 5.13 Å². The highest BCUT2D eigenvalue weighted by atomic mass is 32.1. The summed E-state index contributed by atoms with van der Waals surface area (Å²) in [6, 6.07) is 0. The van der Waals surface area contributed by atoms with Gasteiger partial charge < -0.3 is 11.1 Å². The van der Waals surface area contributed by atoms with E-state index in [9.17, 15) is 4.79 Å². The number of nitrogens with two attached hydrogens (primary N) is 1. The number of amides is 1. The van der Waals surface area contributed by atoms with Crippen LogP contribution < -0.4 is 11.1 Å². The maximum Gasteiger partial charge on any atom is 0.224 e. The molecule has 1 aromatic heterocycles. The molecule has 1 amide bonds. The van der Waals surface area contributed by atoms with Gasteiger partial charge in [-0.25, -0.2) is 0 Å². The molecule has 5 nitrogen and oxygen atoms in total. The van der Waals surface area contributed by atoms with Crippen molar-refractivity contribution in [1.29, 1.82) is 0 Å². The van der Waals surface area contributed by atoms with Gasteiger partial charge in [0.1, 0.15) is 5.01 Å². The fourth-order valence-electron chi connectivity index (χ4n) is 3.15. The number of anilines is 1. The standard InChI is InChI=1S/C12H18N4OS/c13-11-16-15-9(18-11)7-14-10(17)8-6-12(8)4-2-1-3-5-12/h8H,1-7H2,(H2,13,16)(H,14,17)/t8-/m1/s1. The van der Waals surface area contributed by atoms with Crippen molar-refractivity contribution in [3.63, 3.8) is 0 Å². The molecule has 98 valence electrons. The molecule has 1 aromatic rings. The summed E-state index contributed by atoms with van der Waals surface area (Å²) < 4.78 is 0. The first-order chi connectivity index (χ1) is 8.70. The fraction of sp³-hybridized carbons (Fsp3) is 0.750. The van der Waals surface area contributed by atoms with Crippen LogP contribution in [0.5, 0.6) is 0 Å². The lowest BCUT2D eigenvalue weighted by Crippen LogP contribution is -2.27. The third-order valence-corrected chi connectivity index (χ3v) is 5.00. The summed E-state index contributed by atoms with van der Waals surface area (Å²) in [7, 11) is 0. The highest BCUT2D eigenvalue weighted by molar-refractivity contribution is 7.15. The average Bonchev–Trinajstić information content (AvgIpc) is 2.89. The van der Waals surface area contributed by atoms with E-state index in [1.54, 1.807) is 0 Å². The van der Waals surface area contributed by atoms with E-state index in [-0.39, 0.29) is 11.8 Å². The number of carbonyl (C=O) groups is 1. The van der Waals surface area contributed by atoms with Gasteiger partial charge in [0.05, 0.1) is 6.54 Å². The predicted molar refractivity (Wildman–Crippen MR) is 69.8 cm³/mol. The molecule has 2 fully saturated rings. The van der Waals surface area contributed by atoms with Gasteiger partial charge in [0.25, 0.3) is 0 Å². The molecule has 2 aliphatic rings. The maximum atomic E-state index is 12.1. The van der Waals surface area contributed by atoms with Gasteiger partial charge in [-0.2, -0.15) is 0 Å². The second-order valence-electron chi connectivity index (χ2n) is 5.43. The maximum absolute atomic E-state index is 12.1. The molecule has 2 saturated carbocycles. The number of hydrogen-bond donors (Lipinski definition) is 2. The number of nitrogens with zero attached hydrogens (tertiary/aromatic N) is 2. The van der Waals surface area contributed by atoms with Crippen molar-refractivity contribution in [3.8, 4) is 0 Å². The second kappa shape index (κ2) is 4.50. The Morgan fingerprint density at radius 2 is 2.17 bits per heavy atom. The van der Waals surface area contributed by atoms with Crippen molar-refractivity contribution in [2.45, 2.75) is 45.1 Å². The molecule has 2 aliphatic carbocycles. The van der Waals surface area contributed by atoms with Crippen LogP contribution in [0.2, 0.25) is 0 Å². The van der Waals surface area contributed by atoms with Crippen LogP contribution in [0, 0.1) is 11.3 Å². The van der Waals surface area contributed by atoms with Crippen LogP contribution in [0.25, 0.3) is 0 Å². The SMILES string of the molecule is Nc1nnc(CNC(=O)[C@H]2CC23CCCCC3)s1. The summed E-state index contributed by atoms with van der Waals surface area (Å²) in [4.78, 5) is 12.1. The molecule has 3 rings (SSSR count). The molecular formula is C12H18N4OS. The lowest BCUT2D eigenvalue weighted by atomic mass is 9.84. The summed E-state index contributed by atoms with van der Waals surface area (Å²) in [5, 5.41) is 11.8. The number of carbonyl (C=O) groups excluding carboxylic acids is 1. The summed E-state index contributed by atoms with van der Waals surface area (Å²) in [6.07, 6.45) is 7.46. The summed E-state index contributed by atoms with van der Waals surface area (Å²) in [5.74, 6) is 0.425. The number of hydrogen-bond acceptors (Lipinski definition) is 5. The first-order valence-electron chi connectivity index (χ1n) is 6.55. The molecule has 1 heterocycles. The normalized spacial score (nSPS) is 25.0. The van der Waals surface area contributed by atoms with E-state index in [0.717, 1.165) is 11.4 Å². The lowest BCUT2D eigenvalue weighted by molar-refractivity contribution is -0.123. The molecule has 0 radical (unpaired) electrons. The molecule has 0 unspecified atom stereocenters. The average molecular weight is 266 g/mol. The van der Waals surface area contributed by atoms with Crippen LogP contribution in [0.3, 0.4) is 0 Å². The van der Waals surface area contributed by atoms with Gasteiger partial charge in [-0.1, -0.05) is 30.6 Å². The third kappa shape index (κ3) is 2.21. The van der Waals surface area contributed by atoms with Crippen LogP contribution in [-0.4, -0.2) is 16.1 Å². The monoisotopic (exact) mass is 266 g/mol. The third-order valence-electron chi connectivity index (χ3n) is 4.25. The van der Waals surface area contributed by atoms with Gasteiger partial charge in [-0.15, -0.1) is 10.2 Å². The Morgan fingerprint density at radius 1 is 1.39 bits per heavy atom. The Kier molecular flexibility index (Phi) is 2.97. The van der Waals surface area contributed by atoms with Gasteiger partial charge in [0.15, 0.2) is 0 Å². The minimum absolute atomic E-state index is 0.186. The van der Waals surface area contributed by atoms with Crippen LogP contribution in [-0.2, 0) is 11.3 Å². The van der Waals surface area contributed by atoms with E-state index in [4.69, 9.17) is 5.73 Å². The van der Waals surface area contributed by atoms with Gasteiger partial charge in [0, 0.05) is 5.92 Å². The molecule has 3 N–H and O–H groups in total. The summed E-state index contributed by atoms with van der Waals surface area (Å²) in [6.45, 7) is 0.459. The minimum atomic E-state index is 0.186. The number of aromatic nitrogens is 2. The number of nitrogens with one attached hydrogen (secondary N) is 1. The van der Waals surface area contributed by atoms with E-state index in [0.29, 0.717) is 17.1 Å². The van der Waals surface area contributed by atoms with Crippen LogP contribution >= 0.6 is 11.3 Å². The molecule has 0 bridgehead atoms. The zero-order valence-corrected chi connectivity index (χ0v) is 11.1. The Hall–Kier alpha value is -1.17. The minimum Gasteiger partial charge on any atom is -0.374 e. The fourth-order valence-corrected chi connectivity index (χ4v) is 3.70. The Balaban J connectivity index is 1.51. The zero-order valence-electron chi connectivity index (χ0n) is 10.3. The molecule has 6 heteroatoms. The topological polar surface area (TPSA) is 80.9 Å². The van der Waals surface area contributed by atoms with Crippen molar-refractivity contribution >= 4 is 22.4 Å². The van der Waals surface area contributed by atoms with Crippen LogP contribution in [0.15, 0.2) is 0 Å². The predicted octanol–water partition coefficient (Wildman–Crippen LogP) is 1.71. The first kappa shape index (κ1) is 11.9. The van der Waals surface area contributed by atoms with Crippen molar-refractivity contribution in [1.82, 2.24) is 15.5 Å². The molecule has 1 spiro atoms. The summed E-state index contributed by atoms with van der Waals surface area (Å²) >= 11 is 1.33. The Labute approximate surface area is 110 Å². The Bertz CT molecular complexity index is 453. The van der Waals surface area contributed by atoms with E-state index in [1.165, 1.54) is 43.4 Å². The number of nitrogen functional groups attached to an aromatic ring is 1. The summed E-state index contributed by atoms with van der Waals surface area (Å²) in [5.41, 5.74) is 5.85. The molecule has 0 aliphatic heterocycles. The molecule has 0 aromatic carbocycles. The molecular weight excluding hydrogens is 248 g/mol. The van der Waals surface area contributed by atoms with E-state index < -0.39 is 0 Å². The van der Waals surface area contributed by atoms with Gasteiger partial charge in [-0.05, 0) is 24.7 Å². The first-order valence-corrected chi connectivity index (χ1v) is 7.37. The highest BCUT2D eigenvalue weighted by Gasteiger charge is 2.57. The van der Waals surface area contributed by atoms with Crippen molar-refractivity contribution in [2.75, 3.05) is 5.73 Å². The Morgan fingerprint density at radius 3 is 2.83 bits per heavy atom. The largest absolute Gasteiger partial charge is 0.374 e. The van der Waals surface area contributed by atoms with E-state index in [2.05, 4.69) is 15.5 Å². The lowest BCUT2D eigenvalue weighted by Gasteiger charge is -2.21. The smallest absolute Gasteiger partial charge is 0.224 e. The van der Waals surface area contributed by atoms with Gasteiger partial charge >= 0.3 is 0 Å². The van der Waals surface area contributed by atoms with Gasteiger partial charge in [0.2, 0.25) is 11.0 Å². The van der Waals surface area contributed by atoms with Crippen molar-refractivity contribution in [3.05, 3.63) is 5.01 Å². The van der Waals surface area contributed by atoms with Gasteiger partial charge in [-0.3, -0.25) is 4.79 Å². The quantitative estimate of drug-likeness (QED) is 0.872. The van der Waals surface area contributed by atoms with E-state index >= 15 is 0 Å². The molecule has 1 atom stereocenters.